The Kier molecular flexibility index (Phi) is 4.04. The predicted molar refractivity (Wildman–Crippen MR) is 82.6 cm³/mol. The summed E-state index contributed by atoms with van der Waals surface area (Å²) in [5, 5.41) is 0.511. The van der Waals surface area contributed by atoms with Crippen LogP contribution in [0.5, 0.6) is 0 Å². The topological polar surface area (TPSA) is 52.3 Å². The van der Waals surface area contributed by atoms with E-state index in [1.54, 1.807) is 6.92 Å². The number of nitrogens with zero attached hydrogens (tertiary/aromatic N) is 1. The fourth-order valence-electron chi connectivity index (χ4n) is 2.09. The van der Waals surface area contributed by atoms with Crippen molar-refractivity contribution in [2.75, 3.05) is 6.61 Å². The third-order valence-electron chi connectivity index (χ3n) is 3.26. The maximum absolute atomic E-state index is 12.0. The van der Waals surface area contributed by atoms with Crippen LogP contribution in [0.25, 0.3) is 11.5 Å². The van der Waals surface area contributed by atoms with E-state index in [1.807, 2.05) is 18.2 Å². The number of halogens is 2. The highest BCUT2D eigenvalue weighted by Gasteiger charge is 2.34. The molecule has 1 heterocycles. The molecule has 0 radical (unpaired) electrons. The second-order valence-corrected chi connectivity index (χ2v) is 6.06. The summed E-state index contributed by atoms with van der Waals surface area (Å²) >= 11 is 9.63. The van der Waals surface area contributed by atoms with Crippen LogP contribution >= 0.6 is 27.5 Å². The van der Waals surface area contributed by atoms with Gasteiger partial charge in [-0.3, -0.25) is 0 Å². The molecule has 0 saturated heterocycles. The highest BCUT2D eigenvalue weighted by atomic mass is 79.9. The number of ether oxygens (including phenoxy) is 1. The van der Waals surface area contributed by atoms with Gasteiger partial charge in [0, 0.05) is 10.4 Å². The first-order valence-electron chi connectivity index (χ1n) is 6.74. The third-order valence-corrected chi connectivity index (χ3v) is 4.56. The minimum atomic E-state index is -0.468. The van der Waals surface area contributed by atoms with Crippen molar-refractivity contribution < 1.29 is 13.9 Å². The molecule has 0 atom stereocenters. The maximum Gasteiger partial charge on any atom is 0.376 e. The molecular weight excluding hydrogens is 358 g/mol. The lowest BCUT2D eigenvalue weighted by Crippen LogP contribution is -2.05. The zero-order valence-electron chi connectivity index (χ0n) is 11.4. The van der Waals surface area contributed by atoms with Gasteiger partial charge in [-0.05, 0) is 47.8 Å². The van der Waals surface area contributed by atoms with E-state index >= 15 is 0 Å². The average molecular weight is 371 g/mol. The lowest BCUT2D eigenvalue weighted by atomic mass is 10.2. The van der Waals surface area contributed by atoms with Crippen molar-refractivity contribution in [2.24, 2.45) is 0 Å². The predicted octanol–water partition coefficient (Wildman–Crippen LogP) is 4.81. The first-order valence-corrected chi connectivity index (χ1v) is 7.91. The molecule has 0 amide bonds. The van der Waals surface area contributed by atoms with Crippen LogP contribution < -0.4 is 0 Å². The van der Waals surface area contributed by atoms with Crippen molar-refractivity contribution in [3.05, 3.63) is 39.1 Å². The smallest absolute Gasteiger partial charge is 0.376 e. The summed E-state index contributed by atoms with van der Waals surface area (Å²) in [6.07, 6.45) is 2.04. The molecule has 1 aliphatic carbocycles. The van der Waals surface area contributed by atoms with E-state index in [-0.39, 0.29) is 11.7 Å². The Balaban J connectivity index is 2.06. The van der Waals surface area contributed by atoms with Gasteiger partial charge in [-0.15, -0.1) is 0 Å². The normalized spacial score (nSPS) is 14.2. The molecule has 1 fully saturated rings. The van der Waals surface area contributed by atoms with Gasteiger partial charge < -0.3 is 9.15 Å². The number of hydrogen-bond donors (Lipinski definition) is 0. The minimum Gasteiger partial charge on any atom is -0.460 e. The van der Waals surface area contributed by atoms with Crippen LogP contribution in [0.4, 0.5) is 0 Å². The van der Waals surface area contributed by atoms with Crippen molar-refractivity contribution in [2.45, 2.75) is 25.7 Å². The van der Waals surface area contributed by atoms with E-state index in [0.717, 1.165) is 17.3 Å². The van der Waals surface area contributed by atoms with E-state index in [9.17, 15) is 4.79 Å². The van der Waals surface area contributed by atoms with E-state index < -0.39 is 5.97 Å². The Hall–Kier alpha value is -1.33. The van der Waals surface area contributed by atoms with Crippen LogP contribution in [-0.4, -0.2) is 17.6 Å². The molecule has 3 rings (SSSR count). The summed E-state index contributed by atoms with van der Waals surface area (Å²) in [4.78, 5) is 16.5. The van der Waals surface area contributed by atoms with Gasteiger partial charge in [0.05, 0.1) is 22.9 Å². The molecule has 4 nitrogen and oxygen atoms in total. The Morgan fingerprint density at radius 3 is 2.95 bits per heavy atom. The van der Waals surface area contributed by atoms with Gasteiger partial charge >= 0.3 is 5.97 Å². The zero-order valence-corrected chi connectivity index (χ0v) is 13.7. The van der Waals surface area contributed by atoms with Gasteiger partial charge in [0.25, 0.3) is 0 Å². The number of oxazole rings is 1. The first-order chi connectivity index (χ1) is 10.1. The Morgan fingerprint density at radius 1 is 1.52 bits per heavy atom. The fraction of sp³-hybridized carbons (Fsp3) is 0.333. The summed E-state index contributed by atoms with van der Waals surface area (Å²) in [5.41, 5.74) is 1.34. The third kappa shape index (κ3) is 2.85. The Labute approximate surface area is 135 Å². The van der Waals surface area contributed by atoms with Crippen LogP contribution in [0, 0.1) is 0 Å². The number of rotatable bonds is 4. The van der Waals surface area contributed by atoms with Gasteiger partial charge in [0.1, 0.15) is 0 Å². The summed E-state index contributed by atoms with van der Waals surface area (Å²) in [6.45, 7) is 2.06. The number of hydrogen-bond acceptors (Lipinski definition) is 4. The molecule has 0 aliphatic heterocycles. The number of benzene rings is 1. The van der Waals surface area contributed by atoms with E-state index in [0.29, 0.717) is 28.8 Å². The SMILES string of the molecule is CCOC(=O)c1oc(-c2cccc(Br)c2Cl)nc1C1CC1. The molecule has 1 aliphatic rings. The fourth-order valence-corrected chi connectivity index (χ4v) is 2.67. The molecule has 0 unspecified atom stereocenters. The largest absolute Gasteiger partial charge is 0.460 e. The highest BCUT2D eigenvalue weighted by molar-refractivity contribution is 9.10. The van der Waals surface area contributed by atoms with Gasteiger partial charge in [0.15, 0.2) is 0 Å². The molecule has 2 aromatic rings. The van der Waals surface area contributed by atoms with Crippen molar-refractivity contribution >= 4 is 33.5 Å². The van der Waals surface area contributed by atoms with Gasteiger partial charge in [-0.25, -0.2) is 9.78 Å². The van der Waals surface area contributed by atoms with Crippen molar-refractivity contribution in [1.29, 1.82) is 0 Å². The monoisotopic (exact) mass is 369 g/mol. The second-order valence-electron chi connectivity index (χ2n) is 4.83. The second kappa shape index (κ2) is 5.81. The van der Waals surface area contributed by atoms with Crippen molar-refractivity contribution in [3.63, 3.8) is 0 Å². The number of carbonyl (C=O) groups is 1. The maximum atomic E-state index is 12.0. The lowest BCUT2D eigenvalue weighted by molar-refractivity contribution is 0.0489. The van der Waals surface area contributed by atoms with E-state index in [2.05, 4.69) is 20.9 Å². The van der Waals surface area contributed by atoms with Gasteiger partial charge in [-0.1, -0.05) is 17.7 Å². The van der Waals surface area contributed by atoms with Gasteiger partial charge in [0.2, 0.25) is 11.7 Å². The molecule has 21 heavy (non-hydrogen) atoms. The highest BCUT2D eigenvalue weighted by Crippen LogP contribution is 2.43. The minimum absolute atomic E-state index is 0.199. The first kappa shape index (κ1) is 14.6. The Bertz CT molecular complexity index is 694. The average Bonchev–Trinajstić information content (AvgIpc) is 3.21. The Morgan fingerprint density at radius 2 is 2.29 bits per heavy atom. The molecule has 1 saturated carbocycles. The van der Waals surface area contributed by atoms with Crippen molar-refractivity contribution in [1.82, 2.24) is 4.98 Å². The van der Waals surface area contributed by atoms with Crippen molar-refractivity contribution in [3.8, 4) is 11.5 Å². The van der Waals surface area contributed by atoms with Gasteiger partial charge in [-0.2, -0.15) is 0 Å². The molecule has 110 valence electrons. The molecule has 0 N–H and O–H groups in total. The zero-order chi connectivity index (χ0) is 15.0. The van der Waals surface area contributed by atoms with E-state index in [1.165, 1.54) is 0 Å². The molecule has 6 heteroatoms. The van der Waals surface area contributed by atoms with Crippen LogP contribution in [-0.2, 0) is 4.74 Å². The number of aromatic nitrogens is 1. The number of esters is 1. The summed E-state index contributed by atoms with van der Waals surface area (Å²) < 4.78 is 11.5. The molecule has 0 bridgehead atoms. The van der Waals surface area contributed by atoms with Crippen LogP contribution in [0.2, 0.25) is 5.02 Å². The lowest BCUT2D eigenvalue weighted by Gasteiger charge is -2.01. The molecular formula is C15H13BrClNO3. The van der Waals surface area contributed by atoms with Crippen LogP contribution in [0.3, 0.4) is 0 Å². The summed E-state index contributed by atoms with van der Waals surface area (Å²) in [6, 6.07) is 5.49. The quantitative estimate of drug-likeness (QED) is 0.725. The summed E-state index contributed by atoms with van der Waals surface area (Å²) in [7, 11) is 0. The standard InChI is InChI=1S/C15H13BrClNO3/c1-2-20-15(19)13-12(8-6-7-8)18-14(21-13)9-4-3-5-10(16)11(9)17/h3-5,8H,2,6-7H2,1H3. The molecule has 1 aromatic heterocycles. The molecule has 1 aromatic carbocycles. The summed E-state index contributed by atoms with van der Waals surface area (Å²) in [5.74, 6) is 0.369. The number of carbonyl (C=O) groups excluding carboxylic acids is 1. The van der Waals surface area contributed by atoms with E-state index in [4.69, 9.17) is 20.8 Å². The van der Waals surface area contributed by atoms with Crippen LogP contribution in [0.15, 0.2) is 27.1 Å². The molecule has 0 spiro atoms. The van der Waals surface area contributed by atoms with Crippen LogP contribution in [0.1, 0.15) is 41.9 Å².